The third-order valence-corrected chi connectivity index (χ3v) is 2.99. The summed E-state index contributed by atoms with van der Waals surface area (Å²) in [6.07, 6.45) is 3.17. The Morgan fingerprint density at radius 2 is 1.95 bits per heavy atom. The summed E-state index contributed by atoms with van der Waals surface area (Å²) in [6.45, 7) is 1.57. The molecule has 5 heteroatoms. The molecule has 0 atom stereocenters. The maximum atomic E-state index is 13.6. The van der Waals surface area contributed by atoms with Gasteiger partial charge in [0.25, 0.3) is 5.91 Å². The number of nitrogens with zero attached hydrogens (tertiary/aromatic N) is 2. The highest BCUT2D eigenvalue weighted by Gasteiger charge is 2.16. The normalized spacial score (nSPS) is 10.3. The number of carbonyl (C=O) groups is 1. The molecule has 0 aliphatic heterocycles. The van der Waals surface area contributed by atoms with E-state index >= 15 is 0 Å². The van der Waals surface area contributed by atoms with Crippen molar-refractivity contribution in [3.63, 3.8) is 0 Å². The first-order valence-electron chi connectivity index (χ1n) is 5.74. The molecule has 0 radical (unpaired) electrons. The highest BCUT2D eigenvalue weighted by atomic mass is 19.1. The minimum Gasteiger partial charge on any atom is -0.398 e. The minimum atomic E-state index is -0.480. The van der Waals surface area contributed by atoms with E-state index in [4.69, 9.17) is 5.73 Å². The Hall–Kier alpha value is -2.43. The number of carbonyl (C=O) groups excluding carboxylic acids is 1. The number of rotatable bonds is 2. The molecule has 0 spiro atoms. The Morgan fingerprint density at radius 3 is 2.53 bits per heavy atom. The molecule has 0 saturated carbocycles. The fraction of sp³-hybridized carbons (Fsp3) is 0.143. The van der Waals surface area contributed by atoms with Crippen LogP contribution in [0.4, 0.5) is 15.8 Å². The molecule has 1 heterocycles. The fourth-order valence-electron chi connectivity index (χ4n) is 1.70. The lowest BCUT2D eigenvalue weighted by Crippen LogP contribution is -2.26. The lowest BCUT2D eigenvalue weighted by atomic mass is 10.1. The molecule has 4 nitrogen and oxygen atoms in total. The van der Waals surface area contributed by atoms with Gasteiger partial charge < -0.3 is 10.6 Å². The molecule has 2 aromatic rings. The molecule has 0 fully saturated rings. The maximum Gasteiger partial charge on any atom is 0.258 e. The van der Waals surface area contributed by atoms with Crippen LogP contribution < -0.4 is 10.6 Å². The van der Waals surface area contributed by atoms with Crippen molar-refractivity contribution in [1.29, 1.82) is 0 Å². The third-order valence-electron chi connectivity index (χ3n) is 2.99. The summed E-state index contributed by atoms with van der Waals surface area (Å²) in [5, 5.41) is 0. The number of aromatic nitrogens is 1. The average molecular weight is 259 g/mol. The molecule has 0 saturated heterocycles. The van der Waals surface area contributed by atoms with Crippen molar-refractivity contribution in [2.24, 2.45) is 0 Å². The van der Waals surface area contributed by atoms with Crippen LogP contribution in [-0.4, -0.2) is 17.9 Å². The zero-order chi connectivity index (χ0) is 14.0. The molecule has 0 aliphatic carbocycles. The van der Waals surface area contributed by atoms with Crippen molar-refractivity contribution >= 4 is 17.3 Å². The predicted octanol–water partition coefficient (Wildman–Crippen LogP) is 2.39. The maximum absolute atomic E-state index is 13.6. The second-order valence-corrected chi connectivity index (χ2v) is 4.24. The molecule has 1 amide bonds. The first-order chi connectivity index (χ1) is 9.00. The van der Waals surface area contributed by atoms with E-state index < -0.39 is 5.82 Å². The average Bonchev–Trinajstić information content (AvgIpc) is 2.43. The van der Waals surface area contributed by atoms with Crippen LogP contribution in [0.25, 0.3) is 0 Å². The number of nitrogens with two attached hydrogens (primary N) is 1. The highest BCUT2D eigenvalue weighted by Crippen LogP contribution is 2.20. The van der Waals surface area contributed by atoms with Crippen molar-refractivity contribution in [2.45, 2.75) is 6.92 Å². The Labute approximate surface area is 110 Å². The zero-order valence-electron chi connectivity index (χ0n) is 10.7. The van der Waals surface area contributed by atoms with Gasteiger partial charge in [-0.2, -0.15) is 0 Å². The van der Waals surface area contributed by atoms with Crippen LogP contribution in [0, 0.1) is 12.7 Å². The van der Waals surface area contributed by atoms with Crippen LogP contribution in [0.2, 0.25) is 0 Å². The molecule has 0 unspecified atom stereocenters. The third kappa shape index (κ3) is 2.54. The fourth-order valence-corrected chi connectivity index (χ4v) is 1.70. The first kappa shape index (κ1) is 13.0. The van der Waals surface area contributed by atoms with Gasteiger partial charge in [0, 0.05) is 41.9 Å². The van der Waals surface area contributed by atoms with Gasteiger partial charge in [-0.15, -0.1) is 0 Å². The van der Waals surface area contributed by atoms with Crippen molar-refractivity contribution in [3.8, 4) is 0 Å². The lowest BCUT2D eigenvalue weighted by molar-refractivity contribution is 0.0992. The number of benzene rings is 1. The molecular formula is C14H14FN3O. The van der Waals surface area contributed by atoms with Gasteiger partial charge >= 0.3 is 0 Å². The van der Waals surface area contributed by atoms with E-state index in [2.05, 4.69) is 4.98 Å². The van der Waals surface area contributed by atoms with Gasteiger partial charge in [0.05, 0.1) is 0 Å². The van der Waals surface area contributed by atoms with Crippen LogP contribution in [0.15, 0.2) is 36.7 Å². The number of halogens is 1. The molecule has 1 aromatic heterocycles. The summed E-state index contributed by atoms with van der Waals surface area (Å²) in [5.74, 6) is -0.803. The number of anilines is 2. The molecule has 0 bridgehead atoms. The summed E-state index contributed by atoms with van der Waals surface area (Å²) in [5.41, 5.74) is 7.20. The SMILES string of the molecule is Cc1c(N)cc(C(=O)N(C)c2ccncc2)cc1F. The van der Waals surface area contributed by atoms with Gasteiger partial charge in [-0.05, 0) is 31.2 Å². The summed E-state index contributed by atoms with van der Waals surface area (Å²) >= 11 is 0. The number of nitrogen functional groups attached to an aromatic ring is 1. The Bertz CT molecular complexity index is 590. The van der Waals surface area contributed by atoms with Crippen LogP contribution in [0.3, 0.4) is 0 Å². The van der Waals surface area contributed by atoms with Crippen LogP contribution in [0.5, 0.6) is 0 Å². The summed E-state index contributed by atoms with van der Waals surface area (Å²) < 4.78 is 13.6. The van der Waals surface area contributed by atoms with Gasteiger partial charge in [0.1, 0.15) is 5.82 Å². The predicted molar refractivity (Wildman–Crippen MR) is 72.5 cm³/mol. The number of hydrogen-bond donors (Lipinski definition) is 1. The number of amides is 1. The highest BCUT2D eigenvalue weighted by molar-refractivity contribution is 6.06. The van der Waals surface area contributed by atoms with Crippen LogP contribution in [-0.2, 0) is 0 Å². The van der Waals surface area contributed by atoms with Gasteiger partial charge in [0.15, 0.2) is 0 Å². The Balaban J connectivity index is 2.35. The van der Waals surface area contributed by atoms with E-state index in [-0.39, 0.29) is 17.2 Å². The van der Waals surface area contributed by atoms with E-state index in [0.717, 1.165) is 0 Å². The van der Waals surface area contributed by atoms with E-state index in [1.165, 1.54) is 17.0 Å². The summed E-state index contributed by atoms with van der Waals surface area (Å²) in [7, 11) is 1.62. The molecule has 2 N–H and O–H groups in total. The van der Waals surface area contributed by atoms with Gasteiger partial charge in [-0.3, -0.25) is 9.78 Å². The standard InChI is InChI=1S/C14H14FN3O/c1-9-12(15)7-10(8-13(9)16)14(19)18(2)11-3-5-17-6-4-11/h3-8H,16H2,1-2H3. The van der Waals surface area contributed by atoms with Gasteiger partial charge in [-0.1, -0.05) is 0 Å². The Morgan fingerprint density at radius 1 is 1.32 bits per heavy atom. The molecule has 19 heavy (non-hydrogen) atoms. The van der Waals surface area contributed by atoms with E-state index in [0.29, 0.717) is 11.3 Å². The van der Waals surface area contributed by atoms with Crippen molar-refractivity contribution in [3.05, 3.63) is 53.6 Å². The Kier molecular flexibility index (Phi) is 3.46. The van der Waals surface area contributed by atoms with Crippen molar-refractivity contribution in [1.82, 2.24) is 4.98 Å². The van der Waals surface area contributed by atoms with Gasteiger partial charge in [-0.25, -0.2) is 4.39 Å². The summed E-state index contributed by atoms with van der Waals surface area (Å²) in [4.78, 5) is 17.5. The molecule has 98 valence electrons. The topological polar surface area (TPSA) is 59.2 Å². The molecule has 1 aromatic carbocycles. The van der Waals surface area contributed by atoms with Gasteiger partial charge in [0.2, 0.25) is 0 Å². The van der Waals surface area contributed by atoms with E-state index in [1.54, 1.807) is 38.5 Å². The first-order valence-corrected chi connectivity index (χ1v) is 5.74. The van der Waals surface area contributed by atoms with Crippen LogP contribution >= 0.6 is 0 Å². The lowest BCUT2D eigenvalue weighted by Gasteiger charge is -2.17. The van der Waals surface area contributed by atoms with E-state index in [1.807, 2.05) is 0 Å². The molecule has 0 aliphatic rings. The minimum absolute atomic E-state index is 0.222. The molecule has 2 rings (SSSR count). The summed E-state index contributed by atoms with van der Waals surface area (Å²) in [6, 6.07) is 6.09. The quantitative estimate of drug-likeness (QED) is 0.842. The second kappa shape index (κ2) is 5.06. The van der Waals surface area contributed by atoms with E-state index in [9.17, 15) is 9.18 Å². The largest absolute Gasteiger partial charge is 0.398 e. The van der Waals surface area contributed by atoms with Crippen molar-refractivity contribution in [2.75, 3.05) is 17.7 Å². The monoisotopic (exact) mass is 259 g/mol. The zero-order valence-corrected chi connectivity index (χ0v) is 10.7. The molecular weight excluding hydrogens is 245 g/mol. The smallest absolute Gasteiger partial charge is 0.258 e. The second-order valence-electron chi connectivity index (χ2n) is 4.24. The number of pyridine rings is 1. The number of hydrogen-bond acceptors (Lipinski definition) is 3. The van der Waals surface area contributed by atoms with Crippen LogP contribution in [0.1, 0.15) is 15.9 Å². The van der Waals surface area contributed by atoms with Crippen molar-refractivity contribution < 1.29 is 9.18 Å².